The standard InChI is InChI=1S/C13H19FN2O3S/c1-3-4-5-6-13(17)15-10-7-8-11(14)12(9-10)16-20(2,18)19/h7-9,16H,3-6H2,1-2H3,(H,15,17). The van der Waals surface area contributed by atoms with Crippen molar-refractivity contribution >= 4 is 27.3 Å². The van der Waals surface area contributed by atoms with Crippen molar-refractivity contribution in [3.05, 3.63) is 24.0 Å². The van der Waals surface area contributed by atoms with Crippen molar-refractivity contribution in [1.82, 2.24) is 0 Å². The fraction of sp³-hybridized carbons (Fsp3) is 0.462. The van der Waals surface area contributed by atoms with Crippen LogP contribution < -0.4 is 10.0 Å². The first-order valence-electron chi connectivity index (χ1n) is 6.39. The Bertz CT molecular complexity index is 573. The molecule has 0 saturated carbocycles. The zero-order valence-electron chi connectivity index (χ0n) is 11.6. The van der Waals surface area contributed by atoms with E-state index in [0.29, 0.717) is 12.1 Å². The molecule has 0 aliphatic rings. The fourth-order valence-electron chi connectivity index (χ4n) is 1.64. The molecule has 0 aliphatic heterocycles. The quantitative estimate of drug-likeness (QED) is 0.760. The minimum Gasteiger partial charge on any atom is -0.326 e. The van der Waals surface area contributed by atoms with Crippen LogP contribution in [0, 0.1) is 5.82 Å². The van der Waals surface area contributed by atoms with Gasteiger partial charge in [-0.3, -0.25) is 9.52 Å². The summed E-state index contributed by atoms with van der Waals surface area (Å²) in [6.07, 6.45) is 4.10. The van der Waals surface area contributed by atoms with E-state index < -0.39 is 15.8 Å². The molecule has 0 aromatic heterocycles. The Morgan fingerprint density at radius 2 is 2.00 bits per heavy atom. The Labute approximate surface area is 118 Å². The van der Waals surface area contributed by atoms with Crippen LogP contribution >= 0.6 is 0 Å². The predicted octanol–water partition coefficient (Wildman–Crippen LogP) is 2.72. The number of carbonyl (C=O) groups is 1. The highest BCUT2D eigenvalue weighted by Gasteiger charge is 2.10. The number of carbonyl (C=O) groups excluding carboxylic acids is 1. The van der Waals surface area contributed by atoms with Crippen molar-refractivity contribution in [1.29, 1.82) is 0 Å². The molecule has 0 aliphatic carbocycles. The summed E-state index contributed by atoms with van der Waals surface area (Å²) in [5.74, 6) is -0.866. The third kappa shape index (κ3) is 6.01. The number of hydrogen-bond donors (Lipinski definition) is 2. The zero-order chi connectivity index (χ0) is 15.2. The van der Waals surface area contributed by atoms with Gasteiger partial charge >= 0.3 is 0 Å². The van der Waals surface area contributed by atoms with Gasteiger partial charge in [0.2, 0.25) is 15.9 Å². The molecule has 0 bridgehead atoms. The molecule has 0 saturated heterocycles. The van der Waals surface area contributed by atoms with Gasteiger partial charge in [-0.15, -0.1) is 0 Å². The van der Waals surface area contributed by atoms with Gasteiger partial charge in [-0.2, -0.15) is 0 Å². The fourth-order valence-corrected chi connectivity index (χ4v) is 2.20. The number of hydrogen-bond acceptors (Lipinski definition) is 3. The van der Waals surface area contributed by atoms with E-state index in [9.17, 15) is 17.6 Å². The molecule has 0 fully saturated rings. The number of halogens is 1. The summed E-state index contributed by atoms with van der Waals surface area (Å²) >= 11 is 0. The number of anilines is 2. The van der Waals surface area contributed by atoms with Gasteiger partial charge in [0.1, 0.15) is 5.82 Å². The van der Waals surface area contributed by atoms with Gasteiger partial charge in [0, 0.05) is 12.1 Å². The van der Waals surface area contributed by atoms with E-state index >= 15 is 0 Å². The van der Waals surface area contributed by atoms with Crippen molar-refractivity contribution in [2.75, 3.05) is 16.3 Å². The lowest BCUT2D eigenvalue weighted by atomic mass is 10.2. The minimum absolute atomic E-state index is 0.171. The van der Waals surface area contributed by atoms with E-state index in [2.05, 4.69) is 10.0 Å². The van der Waals surface area contributed by atoms with Crippen molar-refractivity contribution in [3.8, 4) is 0 Å². The maximum absolute atomic E-state index is 13.4. The Balaban J connectivity index is 2.72. The highest BCUT2D eigenvalue weighted by molar-refractivity contribution is 7.92. The smallest absolute Gasteiger partial charge is 0.229 e. The SMILES string of the molecule is CCCCCC(=O)Nc1ccc(F)c(NS(C)(=O)=O)c1. The van der Waals surface area contributed by atoms with Crippen LogP contribution in [0.2, 0.25) is 0 Å². The molecule has 1 amide bonds. The van der Waals surface area contributed by atoms with Gasteiger partial charge in [0.25, 0.3) is 0 Å². The molecule has 1 aromatic carbocycles. The van der Waals surface area contributed by atoms with Crippen LogP contribution in [-0.4, -0.2) is 20.6 Å². The summed E-state index contributed by atoms with van der Waals surface area (Å²) in [5.41, 5.74) is 0.179. The summed E-state index contributed by atoms with van der Waals surface area (Å²) in [5, 5.41) is 2.61. The summed E-state index contributed by atoms with van der Waals surface area (Å²) < 4.78 is 37.7. The molecule has 0 atom stereocenters. The molecular formula is C13H19FN2O3S. The van der Waals surface area contributed by atoms with Crippen molar-refractivity contribution in [3.63, 3.8) is 0 Å². The molecule has 20 heavy (non-hydrogen) atoms. The molecule has 5 nitrogen and oxygen atoms in total. The van der Waals surface area contributed by atoms with Gasteiger partial charge in [0.15, 0.2) is 0 Å². The Kier molecular flexibility index (Phi) is 5.94. The van der Waals surface area contributed by atoms with E-state index in [1.807, 2.05) is 6.92 Å². The molecular weight excluding hydrogens is 283 g/mol. The number of amides is 1. The van der Waals surface area contributed by atoms with Gasteiger partial charge in [-0.05, 0) is 24.6 Å². The average molecular weight is 302 g/mol. The van der Waals surface area contributed by atoms with Crippen molar-refractivity contribution < 1.29 is 17.6 Å². The van der Waals surface area contributed by atoms with Crippen LogP contribution in [-0.2, 0) is 14.8 Å². The second-order valence-corrected chi connectivity index (χ2v) is 6.32. The normalized spacial score (nSPS) is 11.2. The first kappa shape index (κ1) is 16.4. The summed E-state index contributed by atoms with van der Waals surface area (Å²) in [4.78, 5) is 11.6. The zero-order valence-corrected chi connectivity index (χ0v) is 12.4. The number of nitrogens with one attached hydrogen (secondary N) is 2. The van der Waals surface area contributed by atoms with E-state index in [0.717, 1.165) is 31.6 Å². The number of unbranched alkanes of at least 4 members (excludes halogenated alkanes) is 2. The first-order valence-corrected chi connectivity index (χ1v) is 8.28. The largest absolute Gasteiger partial charge is 0.326 e. The molecule has 0 unspecified atom stereocenters. The summed E-state index contributed by atoms with van der Waals surface area (Å²) in [6, 6.07) is 3.75. The first-order chi connectivity index (χ1) is 9.31. The van der Waals surface area contributed by atoms with Crippen LogP contribution in [0.15, 0.2) is 18.2 Å². The van der Waals surface area contributed by atoms with Gasteiger partial charge in [0.05, 0.1) is 11.9 Å². The Morgan fingerprint density at radius 1 is 1.30 bits per heavy atom. The second kappa shape index (κ2) is 7.23. The molecule has 0 heterocycles. The molecule has 1 aromatic rings. The predicted molar refractivity (Wildman–Crippen MR) is 77.6 cm³/mol. The number of rotatable bonds is 7. The summed E-state index contributed by atoms with van der Waals surface area (Å²) in [7, 11) is -3.57. The van der Waals surface area contributed by atoms with Crippen LogP contribution in [0.5, 0.6) is 0 Å². The molecule has 7 heteroatoms. The average Bonchev–Trinajstić information content (AvgIpc) is 2.32. The highest BCUT2D eigenvalue weighted by Crippen LogP contribution is 2.20. The van der Waals surface area contributed by atoms with E-state index in [4.69, 9.17) is 0 Å². The Morgan fingerprint density at radius 3 is 2.60 bits per heavy atom. The van der Waals surface area contributed by atoms with Crippen molar-refractivity contribution in [2.24, 2.45) is 0 Å². The minimum atomic E-state index is -3.57. The molecule has 112 valence electrons. The van der Waals surface area contributed by atoms with Crippen LogP contribution in [0.25, 0.3) is 0 Å². The van der Waals surface area contributed by atoms with E-state index in [-0.39, 0.29) is 11.6 Å². The molecule has 1 rings (SSSR count). The second-order valence-electron chi connectivity index (χ2n) is 4.57. The number of benzene rings is 1. The highest BCUT2D eigenvalue weighted by atomic mass is 32.2. The lowest BCUT2D eigenvalue weighted by molar-refractivity contribution is -0.116. The molecule has 0 radical (unpaired) electrons. The van der Waals surface area contributed by atoms with Crippen LogP contribution in [0.4, 0.5) is 15.8 Å². The molecule has 0 spiro atoms. The van der Waals surface area contributed by atoms with Crippen LogP contribution in [0.3, 0.4) is 0 Å². The third-order valence-electron chi connectivity index (χ3n) is 2.55. The maximum atomic E-state index is 13.4. The Hall–Kier alpha value is -1.63. The van der Waals surface area contributed by atoms with Crippen molar-refractivity contribution in [2.45, 2.75) is 32.6 Å². The third-order valence-corrected chi connectivity index (χ3v) is 3.14. The lowest BCUT2D eigenvalue weighted by Gasteiger charge is -2.09. The van der Waals surface area contributed by atoms with Gasteiger partial charge < -0.3 is 5.32 Å². The van der Waals surface area contributed by atoms with Gasteiger partial charge in [-0.25, -0.2) is 12.8 Å². The summed E-state index contributed by atoms with van der Waals surface area (Å²) in [6.45, 7) is 2.04. The monoisotopic (exact) mass is 302 g/mol. The van der Waals surface area contributed by atoms with Gasteiger partial charge in [-0.1, -0.05) is 19.8 Å². The van der Waals surface area contributed by atoms with E-state index in [1.54, 1.807) is 0 Å². The lowest BCUT2D eigenvalue weighted by Crippen LogP contribution is -2.13. The van der Waals surface area contributed by atoms with Crippen LogP contribution in [0.1, 0.15) is 32.6 Å². The number of sulfonamides is 1. The molecule has 2 N–H and O–H groups in total. The van der Waals surface area contributed by atoms with E-state index in [1.165, 1.54) is 12.1 Å². The topological polar surface area (TPSA) is 75.3 Å². The maximum Gasteiger partial charge on any atom is 0.229 e.